The Hall–Kier alpha value is -3.71. The van der Waals surface area contributed by atoms with E-state index in [2.05, 4.69) is 26.1 Å². The molecule has 0 bridgehead atoms. The summed E-state index contributed by atoms with van der Waals surface area (Å²) in [6.07, 6.45) is 1.73. The molecule has 152 valence electrons. The van der Waals surface area contributed by atoms with E-state index < -0.39 is 0 Å². The average Bonchev–Trinajstić information content (AvgIpc) is 3.29. The van der Waals surface area contributed by atoms with Crippen molar-refractivity contribution in [3.8, 4) is 34.3 Å². The van der Waals surface area contributed by atoms with Crippen molar-refractivity contribution in [3.05, 3.63) is 93.8 Å². The number of hydrogen-bond acceptors (Lipinski definition) is 5. The highest BCUT2D eigenvalue weighted by atomic mass is 79.9. The summed E-state index contributed by atoms with van der Waals surface area (Å²) in [6.45, 7) is 0. The Kier molecular flexibility index (Phi) is 4.88. The van der Waals surface area contributed by atoms with Gasteiger partial charge in [0.15, 0.2) is 0 Å². The lowest BCUT2D eigenvalue weighted by Crippen LogP contribution is -2.18. The SMILES string of the molecule is COc1cccc(-n2cc(-c3nc(-c4ccccc4Br)no3)c3ccccc3c2=O)c1. The maximum Gasteiger partial charge on any atom is 0.262 e. The average molecular weight is 474 g/mol. The molecular weight excluding hydrogens is 458 g/mol. The van der Waals surface area contributed by atoms with E-state index in [0.717, 1.165) is 15.4 Å². The minimum atomic E-state index is -0.141. The van der Waals surface area contributed by atoms with Gasteiger partial charge in [-0.25, -0.2) is 0 Å². The maximum atomic E-state index is 13.2. The van der Waals surface area contributed by atoms with Gasteiger partial charge in [0.1, 0.15) is 5.75 Å². The zero-order valence-electron chi connectivity index (χ0n) is 16.4. The fourth-order valence-electron chi connectivity index (χ4n) is 3.50. The number of pyridine rings is 1. The van der Waals surface area contributed by atoms with Gasteiger partial charge in [0.05, 0.1) is 18.4 Å². The van der Waals surface area contributed by atoms with Crippen molar-refractivity contribution >= 4 is 26.7 Å². The lowest BCUT2D eigenvalue weighted by atomic mass is 10.1. The Balaban J connectivity index is 1.73. The number of fused-ring (bicyclic) bond motifs is 1. The first-order valence-corrected chi connectivity index (χ1v) is 10.3. The summed E-state index contributed by atoms with van der Waals surface area (Å²) in [7, 11) is 1.59. The van der Waals surface area contributed by atoms with E-state index in [1.54, 1.807) is 30.0 Å². The van der Waals surface area contributed by atoms with Crippen molar-refractivity contribution in [2.45, 2.75) is 0 Å². The Bertz CT molecular complexity index is 1470. The number of ether oxygens (including phenoxy) is 1. The fraction of sp³-hybridized carbons (Fsp3) is 0.0417. The van der Waals surface area contributed by atoms with Gasteiger partial charge in [-0.2, -0.15) is 4.98 Å². The predicted molar refractivity (Wildman–Crippen MR) is 123 cm³/mol. The molecule has 0 radical (unpaired) electrons. The third kappa shape index (κ3) is 3.43. The zero-order valence-corrected chi connectivity index (χ0v) is 18.0. The smallest absolute Gasteiger partial charge is 0.262 e. The van der Waals surface area contributed by atoms with Crippen molar-refractivity contribution in [1.29, 1.82) is 0 Å². The first kappa shape index (κ1) is 19.3. The van der Waals surface area contributed by atoms with E-state index in [1.165, 1.54) is 0 Å². The van der Waals surface area contributed by atoms with Crippen LogP contribution in [-0.4, -0.2) is 21.8 Å². The molecule has 0 unspecified atom stereocenters. The van der Waals surface area contributed by atoms with Crippen LogP contribution >= 0.6 is 15.9 Å². The molecule has 6 nitrogen and oxygen atoms in total. The van der Waals surface area contributed by atoms with Crippen LogP contribution in [0.1, 0.15) is 0 Å². The molecule has 5 aromatic rings. The highest BCUT2D eigenvalue weighted by molar-refractivity contribution is 9.10. The van der Waals surface area contributed by atoms with Crippen LogP contribution in [0, 0.1) is 0 Å². The molecule has 2 aromatic heterocycles. The van der Waals surface area contributed by atoms with E-state index in [9.17, 15) is 4.79 Å². The molecule has 0 aliphatic carbocycles. The lowest BCUT2D eigenvalue weighted by Gasteiger charge is -2.11. The van der Waals surface area contributed by atoms with E-state index in [1.807, 2.05) is 60.7 Å². The molecule has 0 spiro atoms. The summed E-state index contributed by atoms with van der Waals surface area (Å²) in [4.78, 5) is 17.8. The topological polar surface area (TPSA) is 70.2 Å². The van der Waals surface area contributed by atoms with Crippen LogP contribution in [0.5, 0.6) is 5.75 Å². The third-order valence-electron chi connectivity index (χ3n) is 5.03. The summed E-state index contributed by atoms with van der Waals surface area (Å²) in [5.74, 6) is 1.46. The van der Waals surface area contributed by atoms with Crippen LogP contribution in [0.25, 0.3) is 39.3 Å². The largest absolute Gasteiger partial charge is 0.497 e. The minimum absolute atomic E-state index is 0.141. The Morgan fingerprint density at radius 2 is 1.71 bits per heavy atom. The molecule has 31 heavy (non-hydrogen) atoms. The first-order valence-electron chi connectivity index (χ1n) is 9.53. The van der Waals surface area contributed by atoms with Gasteiger partial charge < -0.3 is 9.26 Å². The number of aromatic nitrogens is 3. The van der Waals surface area contributed by atoms with Crippen LogP contribution in [0.2, 0.25) is 0 Å². The van der Waals surface area contributed by atoms with E-state index in [-0.39, 0.29) is 5.56 Å². The van der Waals surface area contributed by atoms with Crippen LogP contribution in [0.15, 0.2) is 92.8 Å². The molecule has 0 fully saturated rings. The van der Waals surface area contributed by atoms with E-state index in [4.69, 9.17) is 9.26 Å². The summed E-state index contributed by atoms with van der Waals surface area (Å²) in [5, 5.41) is 5.46. The predicted octanol–water partition coefficient (Wildman–Crippen LogP) is 5.48. The summed E-state index contributed by atoms with van der Waals surface area (Å²) in [5.41, 5.74) is 2.03. The standard InChI is InChI=1S/C24H16BrN3O3/c1-30-16-8-6-7-15(13-16)28-14-20(17-9-2-3-10-18(17)24(28)29)23-26-22(27-31-23)19-11-4-5-12-21(19)25/h2-14H,1H3. The maximum absolute atomic E-state index is 13.2. The Morgan fingerprint density at radius 3 is 2.52 bits per heavy atom. The van der Waals surface area contributed by atoms with Crippen molar-refractivity contribution in [2.24, 2.45) is 0 Å². The van der Waals surface area contributed by atoms with Crippen LogP contribution < -0.4 is 10.3 Å². The third-order valence-corrected chi connectivity index (χ3v) is 5.72. The zero-order chi connectivity index (χ0) is 21.4. The minimum Gasteiger partial charge on any atom is -0.497 e. The molecule has 0 amide bonds. The Morgan fingerprint density at radius 1 is 0.935 bits per heavy atom. The van der Waals surface area contributed by atoms with Gasteiger partial charge in [-0.1, -0.05) is 57.5 Å². The quantitative estimate of drug-likeness (QED) is 0.345. The van der Waals surface area contributed by atoms with Gasteiger partial charge >= 0.3 is 0 Å². The molecule has 0 N–H and O–H groups in total. The van der Waals surface area contributed by atoms with Gasteiger partial charge in [-0.15, -0.1) is 0 Å². The second-order valence-electron chi connectivity index (χ2n) is 6.87. The highest BCUT2D eigenvalue weighted by Gasteiger charge is 2.18. The van der Waals surface area contributed by atoms with Gasteiger partial charge in [0, 0.05) is 33.1 Å². The van der Waals surface area contributed by atoms with Gasteiger partial charge in [-0.05, 0) is 30.3 Å². The highest BCUT2D eigenvalue weighted by Crippen LogP contribution is 2.31. The molecule has 0 aliphatic rings. The van der Waals surface area contributed by atoms with Crippen molar-refractivity contribution in [1.82, 2.24) is 14.7 Å². The fourth-order valence-corrected chi connectivity index (χ4v) is 3.96. The number of nitrogens with zero attached hydrogens (tertiary/aromatic N) is 3. The molecule has 7 heteroatoms. The van der Waals surface area contributed by atoms with Crippen LogP contribution in [0.3, 0.4) is 0 Å². The summed E-state index contributed by atoms with van der Waals surface area (Å²) < 4.78 is 13.4. The molecule has 0 saturated carbocycles. The van der Waals surface area contributed by atoms with Crippen LogP contribution in [0.4, 0.5) is 0 Å². The van der Waals surface area contributed by atoms with E-state index in [0.29, 0.717) is 34.1 Å². The van der Waals surface area contributed by atoms with Crippen molar-refractivity contribution < 1.29 is 9.26 Å². The van der Waals surface area contributed by atoms with Crippen molar-refractivity contribution in [3.63, 3.8) is 0 Å². The monoisotopic (exact) mass is 473 g/mol. The summed E-state index contributed by atoms with van der Waals surface area (Å²) >= 11 is 3.52. The van der Waals surface area contributed by atoms with Gasteiger partial charge in [0.2, 0.25) is 5.82 Å². The van der Waals surface area contributed by atoms with Gasteiger partial charge in [-0.3, -0.25) is 9.36 Å². The first-order chi connectivity index (χ1) is 15.2. The Labute approximate surface area is 185 Å². The molecular formula is C24H16BrN3O3. The summed E-state index contributed by atoms with van der Waals surface area (Å²) in [6, 6.07) is 22.4. The molecule has 0 aliphatic heterocycles. The van der Waals surface area contributed by atoms with Crippen LogP contribution in [-0.2, 0) is 0 Å². The molecule has 0 atom stereocenters. The molecule has 2 heterocycles. The van der Waals surface area contributed by atoms with Gasteiger partial charge in [0.25, 0.3) is 11.4 Å². The number of hydrogen-bond donors (Lipinski definition) is 0. The lowest BCUT2D eigenvalue weighted by molar-refractivity contribution is 0.414. The number of halogens is 1. The molecule has 5 rings (SSSR count). The molecule has 0 saturated heterocycles. The second kappa shape index (κ2) is 7.85. The number of rotatable bonds is 4. The number of methoxy groups -OCH3 is 1. The second-order valence-corrected chi connectivity index (χ2v) is 7.72. The number of benzene rings is 3. The molecule has 3 aromatic carbocycles. The van der Waals surface area contributed by atoms with E-state index >= 15 is 0 Å². The normalized spacial score (nSPS) is 11.0. The van der Waals surface area contributed by atoms with Crippen molar-refractivity contribution in [2.75, 3.05) is 7.11 Å².